The maximum Gasteiger partial charge on any atom is 0.294 e. The Labute approximate surface area is 145 Å². The first-order valence-electron chi connectivity index (χ1n) is 7.64. The third-order valence-electron chi connectivity index (χ3n) is 3.99. The number of rotatable bonds is 4. The second-order valence-electron chi connectivity index (χ2n) is 5.64. The predicted octanol–water partition coefficient (Wildman–Crippen LogP) is 3.23. The number of nitro benzene ring substituents is 1. The van der Waals surface area contributed by atoms with Crippen molar-refractivity contribution in [2.45, 2.75) is 12.6 Å². The molecule has 126 valence electrons. The molecule has 0 fully saturated rings. The maximum absolute atomic E-state index is 12.4. The highest BCUT2D eigenvalue weighted by atomic mass is 32.1. The average molecular weight is 355 g/mol. The van der Waals surface area contributed by atoms with Gasteiger partial charge in [-0.3, -0.25) is 18.9 Å². The van der Waals surface area contributed by atoms with Gasteiger partial charge in [-0.15, -0.1) is 0 Å². The average Bonchev–Trinajstić information content (AvgIpc) is 3.21. The molecule has 9 heteroatoms. The third-order valence-corrected chi connectivity index (χ3v) is 5.08. The van der Waals surface area contributed by atoms with E-state index in [1.165, 1.54) is 22.6 Å². The summed E-state index contributed by atoms with van der Waals surface area (Å²) in [6.07, 6.45) is 0. The quantitative estimate of drug-likeness (QED) is 0.530. The smallest absolute Gasteiger partial charge is 0.268 e. The highest BCUT2D eigenvalue weighted by molar-refractivity contribution is 7.13. The van der Waals surface area contributed by atoms with E-state index in [0.717, 1.165) is 4.70 Å². The molecule has 0 saturated carbocycles. The summed E-state index contributed by atoms with van der Waals surface area (Å²) in [5.41, 5.74) is 0.350. The first-order valence-corrected chi connectivity index (χ1v) is 8.41. The molecule has 1 aliphatic heterocycles. The van der Waals surface area contributed by atoms with E-state index in [1.54, 1.807) is 28.2 Å². The Hall–Kier alpha value is -3.07. The Kier molecular flexibility index (Phi) is 3.77. The number of nitrogens with zero attached hydrogens (tertiary/aromatic N) is 5. The molecule has 8 nitrogen and oxygen atoms in total. The van der Waals surface area contributed by atoms with Crippen LogP contribution in [0, 0.1) is 10.1 Å². The summed E-state index contributed by atoms with van der Waals surface area (Å²) in [6, 6.07) is 13.6. The van der Waals surface area contributed by atoms with Gasteiger partial charge in [-0.1, -0.05) is 41.0 Å². The van der Waals surface area contributed by atoms with Gasteiger partial charge in [0.05, 0.1) is 28.1 Å². The van der Waals surface area contributed by atoms with Crippen molar-refractivity contribution >= 4 is 33.0 Å². The van der Waals surface area contributed by atoms with Crippen LogP contribution < -0.4 is 10.6 Å². The van der Waals surface area contributed by atoms with Crippen molar-refractivity contribution in [1.82, 2.24) is 3.96 Å². The number of para-hydroxylation sites is 2. The predicted molar refractivity (Wildman–Crippen MR) is 95.2 cm³/mol. The molecule has 0 N–H and O–H groups in total. The van der Waals surface area contributed by atoms with Gasteiger partial charge in [-0.25, -0.2) is 5.01 Å². The monoisotopic (exact) mass is 355 g/mol. The number of hydrogen-bond donors (Lipinski definition) is 0. The number of anilines is 1. The van der Waals surface area contributed by atoms with Crippen LogP contribution in [0.15, 0.2) is 63.7 Å². The summed E-state index contributed by atoms with van der Waals surface area (Å²) in [5, 5.41) is 21.6. The van der Waals surface area contributed by atoms with Gasteiger partial charge in [0.25, 0.3) is 11.2 Å². The lowest BCUT2D eigenvalue weighted by atomic mass is 10.2. The molecule has 4 rings (SSSR count). The van der Waals surface area contributed by atoms with Gasteiger partial charge in [0.15, 0.2) is 0 Å². The lowest BCUT2D eigenvalue weighted by Crippen LogP contribution is -2.27. The fraction of sp³-hybridized carbons (Fsp3) is 0.188. The Morgan fingerprint density at radius 2 is 1.96 bits per heavy atom. The second-order valence-corrected chi connectivity index (χ2v) is 6.70. The fourth-order valence-electron chi connectivity index (χ4n) is 2.81. The van der Waals surface area contributed by atoms with Gasteiger partial charge in [-0.2, -0.15) is 5.11 Å². The summed E-state index contributed by atoms with van der Waals surface area (Å²) >= 11 is 1.39. The molecular formula is C16H13N5O3S. The lowest BCUT2D eigenvalue weighted by molar-refractivity contribution is -0.384. The van der Waals surface area contributed by atoms with Crippen molar-refractivity contribution in [3.63, 3.8) is 0 Å². The van der Waals surface area contributed by atoms with Crippen molar-refractivity contribution in [1.29, 1.82) is 0 Å². The van der Waals surface area contributed by atoms with Crippen LogP contribution in [0.5, 0.6) is 0 Å². The fourth-order valence-corrected chi connectivity index (χ4v) is 3.87. The molecule has 3 aromatic rings. The van der Waals surface area contributed by atoms with Gasteiger partial charge < -0.3 is 0 Å². The molecule has 1 unspecified atom stereocenters. The molecule has 2 aromatic carbocycles. The number of hydrogen-bond acceptors (Lipinski definition) is 7. The molecular weight excluding hydrogens is 342 g/mol. The topological polar surface area (TPSA) is 93.1 Å². The van der Waals surface area contributed by atoms with Crippen LogP contribution in [0.1, 0.15) is 0 Å². The van der Waals surface area contributed by atoms with Crippen LogP contribution in [0.4, 0.5) is 11.4 Å². The number of aromatic nitrogens is 1. The van der Waals surface area contributed by atoms with Crippen molar-refractivity contribution < 1.29 is 4.92 Å². The number of fused-ring (bicyclic) bond motifs is 1. The van der Waals surface area contributed by atoms with Gasteiger partial charge in [0.1, 0.15) is 11.7 Å². The van der Waals surface area contributed by atoms with Crippen LogP contribution in [-0.4, -0.2) is 21.5 Å². The molecule has 0 bridgehead atoms. The van der Waals surface area contributed by atoms with Crippen molar-refractivity contribution in [3.05, 3.63) is 69.0 Å². The zero-order valence-electron chi connectivity index (χ0n) is 13.0. The third kappa shape index (κ3) is 2.78. The molecule has 1 aromatic heterocycles. The van der Waals surface area contributed by atoms with Gasteiger partial charge in [-0.05, 0) is 18.2 Å². The lowest BCUT2D eigenvalue weighted by Gasteiger charge is -2.13. The molecule has 0 saturated heterocycles. The molecule has 0 amide bonds. The normalized spacial score (nSPS) is 16.6. The summed E-state index contributed by atoms with van der Waals surface area (Å²) in [4.78, 5) is 23.1. The maximum atomic E-state index is 12.4. The molecule has 1 aliphatic rings. The summed E-state index contributed by atoms with van der Waals surface area (Å²) in [5.74, 6) is 0. The minimum absolute atomic E-state index is 0.0128. The van der Waals surface area contributed by atoms with E-state index in [2.05, 4.69) is 10.3 Å². The number of nitro groups is 1. The first kappa shape index (κ1) is 15.5. The van der Waals surface area contributed by atoms with Gasteiger partial charge in [0, 0.05) is 6.07 Å². The number of benzene rings is 2. The molecule has 0 spiro atoms. The Morgan fingerprint density at radius 1 is 1.20 bits per heavy atom. The van der Waals surface area contributed by atoms with E-state index in [4.69, 9.17) is 0 Å². The minimum atomic E-state index is -0.436. The standard InChI is InChI=1S/C16H13N5O3S/c22-16-12-5-1-4-8-15(12)25-20(16)10-11-9-19(18-17-11)13-6-2-3-7-14(13)21(23)24/h1-8,11H,9-10H2. The molecule has 25 heavy (non-hydrogen) atoms. The molecule has 1 atom stereocenters. The van der Waals surface area contributed by atoms with Gasteiger partial charge in [0.2, 0.25) is 0 Å². The Morgan fingerprint density at radius 3 is 2.76 bits per heavy atom. The van der Waals surface area contributed by atoms with E-state index in [-0.39, 0.29) is 17.3 Å². The molecule has 0 radical (unpaired) electrons. The zero-order chi connectivity index (χ0) is 17.4. The largest absolute Gasteiger partial charge is 0.294 e. The van der Waals surface area contributed by atoms with E-state index >= 15 is 0 Å². The SMILES string of the molecule is O=c1c2ccccc2sn1CC1CN(c2ccccc2[N+](=O)[O-])N=N1. The van der Waals surface area contributed by atoms with Crippen LogP contribution >= 0.6 is 11.5 Å². The zero-order valence-corrected chi connectivity index (χ0v) is 13.8. The molecule has 0 aliphatic carbocycles. The highest BCUT2D eigenvalue weighted by Crippen LogP contribution is 2.30. The van der Waals surface area contributed by atoms with E-state index in [9.17, 15) is 14.9 Å². The van der Waals surface area contributed by atoms with Crippen LogP contribution in [0.25, 0.3) is 10.1 Å². The Bertz CT molecular complexity index is 1040. The molecule has 2 heterocycles. The van der Waals surface area contributed by atoms with Gasteiger partial charge >= 0.3 is 0 Å². The minimum Gasteiger partial charge on any atom is -0.268 e. The van der Waals surface area contributed by atoms with Crippen LogP contribution in [0.3, 0.4) is 0 Å². The first-order chi connectivity index (χ1) is 12.1. The van der Waals surface area contributed by atoms with E-state index in [1.807, 2.05) is 18.2 Å². The summed E-state index contributed by atoms with van der Waals surface area (Å²) in [6.45, 7) is 0.796. The van der Waals surface area contributed by atoms with Crippen LogP contribution in [-0.2, 0) is 6.54 Å². The van der Waals surface area contributed by atoms with Crippen molar-refractivity contribution in [2.75, 3.05) is 11.6 Å². The highest BCUT2D eigenvalue weighted by Gasteiger charge is 2.27. The Balaban J connectivity index is 1.56. The van der Waals surface area contributed by atoms with Crippen molar-refractivity contribution in [2.24, 2.45) is 10.3 Å². The summed E-state index contributed by atoms with van der Waals surface area (Å²) < 4.78 is 2.59. The van der Waals surface area contributed by atoms with Crippen molar-refractivity contribution in [3.8, 4) is 0 Å². The van der Waals surface area contributed by atoms with E-state index < -0.39 is 4.92 Å². The second kappa shape index (κ2) is 6.10. The van der Waals surface area contributed by atoms with E-state index in [0.29, 0.717) is 24.2 Å². The summed E-state index contributed by atoms with van der Waals surface area (Å²) in [7, 11) is 0. The van der Waals surface area contributed by atoms with Crippen LogP contribution in [0.2, 0.25) is 0 Å².